The number of hydrogen-bond acceptors (Lipinski definition) is 1. The molecular weight excluding hydrogens is 236 g/mol. The van der Waals surface area contributed by atoms with Crippen LogP contribution in [-0.2, 0) is 4.74 Å². The SMILES string of the molecule is CCOC(C)(C#C[Si](C)(C)c1ccccc1)CC. The Kier molecular flexibility index (Phi) is 5.19. The molecule has 0 aliphatic carbocycles. The van der Waals surface area contributed by atoms with Gasteiger partial charge in [-0.05, 0) is 25.5 Å². The van der Waals surface area contributed by atoms with Gasteiger partial charge in [-0.3, -0.25) is 0 Å². The molecule has 0 spiro atoms. The Bertz CT molecular complexity index is 427. The van der Waals surface area contributed by atoms with Gasteiger partial charge in [0, 0.05) is 6.61 Å². The van der Waals surface area contributed by atoms with Crippen LogP contribution in [0.25, 0.3) is 0 Å². The molecule has 18 heavy (non-hydrogen) atoms. The fourth-order valence-electron chi connectivity index (χ4n) is 1.76. The lowest BCUT2D eigenvalue weighted by Crippen LogP contribution is -2.41. The molecule has 0 saturated heterocycles. The molecule has 0 N–H and O–H groups in total. The van der Waals surface area contributed by atoms with Crippen LogP contribution in [0.3, 0.4) is 0 Å². The molecule has 0 saturated carbocycles. The predicted octanol–water partition coefficient (Wildman–Crippen LogP) is 3.35. The van der Waals surface area contributed by atoms with Crippen molar-refractivity contribution >= 4 is 13.3 Å². The minimum atomic E-state index is -1.68. The van der Waals surface area contributed by atoms with Crippen molar-refractivity contribution in [3.05, 3.63) is 30.3 Å². The zero-order valence-electron chi connectivity index (χ0n) is 12.2. The first-order chi connectivity index (χ1) is 8.43. The molecule has 0 aromatic heterocycles. The van der Waals surface area contributed by atoms with Crippen molar-refractivity contribution in [3.8, 4) is 11.5 Å². The summed E-state index contributed by atoms with van der Waals surface area (Å²) in [6, 6.07) is 10.6. The monoisotopic (exact) mass is 260 g/mol. The van der Waals surface area contributed by atoms with E-state index in [1.54, 1.807) is 0 Å². The van der Waals surface area contributed by atoms with Gasteiger partial charge in [-0.15, -0.1) is 5.54 Å². The normalized spacial score (nSPS) is 14.5. The van der Waals surface area contributed by atoms with E-state index in [4.69, 9.17) is 4.74 Å². The van der Waals surface area contributed by atoms with Crippen LogP contribution in [-0.4, -0.2) is 20.3 Å². The summed E-state index contributed by atoms with van der Waals surface area (Å²) in [5.41, 5.74) is 3.22. The largest absolute Gasteiger partial charge is 0.363 e. The van der Waals surface area contributed by atoms with E-state index in [0.717, 1.165) is 6.42 Å². The average molecular weight is 260 g/mol. The van der Waals surface area contributed by atoms with Crippen molar-refractivity contribution in [1.82, 2.24) is 0 Å². The van der Waals surface area contributed by atoms with Gasteiger partial charge in [-0.25, -0.2) is 0 Å². The minimum Gasteiger partial charge on any atom is -0.363 e. The van der Waals surface area contributed by atoms with Gasteiger partial charge in [0.2, 0.25) is 0 Å². The van der Waals surface area contributed by atoms with Crippen molar-refractivity contribution in [2.45, 2.75) is 45.9 Å². The second kappa shape index (κ2) is 6.22. The Labute approximate surface area is 113 Å². The van der Waals surface area contributed by atoms with Crippen molar-refractivity contribution < 1.29 is 4.74 Å². The minimum absolute atomic E-state index is 0.298. The summed E-state index contributed by atoms with van der Waals surface area (Å²) in [5.74, 6) is 3.37. The summed E-state index contributed by atoms with van der Waals surface area (Å²) in [4.78, 5) is 0. The Balaban J connectivity index is 2.96. The van der Waals surface area contributed by atoms with E-state index < -0.39 is 8.07 Å². The van der Waals surface area contributed by atoms with E-state index in [9.17, 15) is 0 Å². The highest BCUT2D eigenvalue weighted by Gasteiger charge is 2.23. The molecule has 0 aliphatic heterocycles. The topological polar surface area (TPSA) is 9.23 Å². The molecule has 1 aromatic rings. The average Bonchev–Trinajstić information content (AvgIpc) is 2.38. The molecule has 0 amide bonds. The summed E-state index contributed by atoms with van der Waals surface area (Å²) in [5, 5.41) is 1.38. The van der Waals surface area contributed by atoms with Crippen molar-refractivity contribution in [1.29, 1.82) is 0 Å². The Morgan fingerprint density at radius 3 is 2.28 bits per heavy atom. The van der Waals surface area contributed by atoms with E-state index >= 15 is 0 Å². The van der Waals surface area contributed by atoms with Gasteiger partial charge in [0.1, 0.15) is 5.60 Å². The van der Waals surface area contributed by atoms with Crippen LogP contribution in [0, 0.1) is 11.5 Å². The summed E-state index contributed by atoms with van der Waals surface area (Å²) in [6.45, 7) is 11.5. The van der Waals surface area contributed by atoms with Crippen molar-refractivity contribution in [3.63, 3.8) is 0 Å². The molecule has 0 radical (unpaired) electrons. The maximum Gasteiger partial charge on any atom is 0.162 e. The van der Waals surface area contributed by atoms with Crippen LogP contribution < -0.4 is 5.19 Å². The first-order valence-electron chi connectivity index (χ1n) is 6.67. The van der Waals surface area contributed by atoms with Crippen LogP contribution in [0.15, 0.2) is 30.3 Å². The summed E-state index contributed by atoms with van der Waals surface area (Å²) >= 11 is 0. The highest BCUT2D eigenvalue weighted by Crippen LogP contribution is 2.14. The van der Waals surface area contributed by atoms with E-state index in [-0.39, 0.29) is 5.60 Å². The molecule has 98 valence electrons. The maximum absolute atomic E-state index is 5.76. The second-order valence-corrected chi connectivity index (χ2v) is 9.34. The third-order valence-corrected chi connectivity index (χ3v) is 5.80. The first kappa shape index (κ1) is 15.0. The predicted molar refractivity (Wildman–Crippen MR) is 81.7 cm³/mol. The lowest BCUT2D eigenvalue weighted by atomic mass is 10.1. The van der Waals surface area contributed by atoms with Crippen LogP contribution in [0.5, 0.6) is 0 Å². The summed E-state index contributed by atoms with van der Waals surface area (Å²) < 4.78 is 5.76. The molecule has 1 rings (SSSR count). The molecule has 1 unspecified atom stereocenters. The highest BCUT2D eigenvalue weighted by atomic mass is 28.3. The summed E-state index contributed by atoms with van der Waals surface area (Å²) in [6.07, 6.45) is 0.924. The van der Waals surface area contributed by atoms with Gasteiger partial charge in [0.05, 0.1) is 0 Å². The lowest BCUT2D eigenvalue weighted by Gasteiger charge is -2.23. The van der Waals surface area contributed by atoms with Crippen LogP contribution >= 0.6 is 0 Å². The Morgan fingerprint density at radius 1 is 1.17 bits per heavy atom. The zero-order chi connectivity index (χ0) is 13.6. The first-order valence-corrected chi connectivity index (χ1v) is 9.67. The van der Waals surface area contributed by atoms with Gasteiger partial charge >= 0.3 is 0 Å². The second-order valence-electron chi connectivity index (χ2n) is 5.26. The Hall–Kier alpha value is -1.04. The number of ether oxygens (including phenoxy) is 1. The van der Waals surface area contributed by atoms with Crippen molar-refractivity contribution in [2.75, 3.05) is 6.61 Å². The standard InChI is InChI=1S/C16H24OSi/c1-6-16(3,17-7-2)13-14-18(4,5)15-11-9-8-10-12-15/h8-12H,6-7H2,1-5H3. The fraction of sp³-hybridized carbons (Fsp3) is 0.500. The molecular formula is C16H24OSi. The van der Waals surface area contributed by atoms with Crippen LogP contribution in [0.1, 0.15) is 27.2 Å². The van der Waals surface area contributed by atoms with E-state index in [1.807, 2.05) is 6.92 Å². The van der Waals surface area contributed by atoms with Gasteiger partial charge in [-0.2, -0.15) is 0 Å². The van der Waals surface area contributed by atoms with Gasteiger partial charge < -0.3 is 4.74 Å². The fourth-order valence-corrected chi connectivity index (χ4v) is 3.51. The molecule has 0 aliphatic rings. The molecule has 0 bridgehead atoms. The molecule has 1 atom stereocenters. The van der Waals surface area contributed by atoms with Crippen molar-refractivity contribution in [2.24, 2.45) is 0 Å². The quantitative estimate of drug-likeness (QED) is 0.596. The third-order valence-electron chi connectivity index (χ3n) is 3.27. The number of rotatable bonds is 4. The van der Waals surface area contributed by atoms with E-state index in [2.05, 4.69) is 68.7 Å². The van der Waals surface area contributed by atoms with Gasteiger partial charge in [0.15, 0.2) is 8.07 Å². The number of benzene rings is 1. The third kappa shape index (κ3) is 4.01. The molecule has 0 heterocycles. The molecule has 1 nitrogen and oxygen atoms in total. The highest BCUT2D eigenvalue weighted by molar-refractivity contribution is 6.96. The molecule has 2 heteroatoms. The maximum atomic E-state index is 5.76. The molecule has 0 fully saturated rings. The summed E-state index contributed by atoms with van der Waals surface area (Å²) in [7, 11) is -1.68. The Morgan fingerprint density at radius 2 is 1.78 bits per heavy atom. The van der Waals surface area contributed by atoms with E-state index in [1.165, 1.54) is 5.19 Å². The van der Waals surface area contributed by atoms with Gasteiger partial charge in [0.25, 0.3) is 0 Å². The van der Waals surface area contributed by atoms with Gasteiger partial charge in [-0.1, -0.05) is 56.3 Å². The van der Waals surface area contributed by atoms with Crippen LogP contribution in [0.4, 0.5) is 0 Å². The van der Waals surface area contributed by atoms with Crippen LogP contribution in [0.2, 0.25) is 13.1 Å². The molecule has 1 aromatic carbocycles. The van der Waals surface area contributed by atoms with E-state index in [0.29, 0.717) is 6.61 Å². The number of hydrogen-bond donors (Lipinski definition) is 0. The lowest BCUT2D eigenvalue weighted by molar-refractivity contribution is 0.0189. The zero-order valence-corrected chi connectivity index (χ0v) is 13.2. The smallest absolute Gasteiger partial charge is 0.162 e.